The van der Waals surface area contributed by atoms with Crippen molar-refractivity contribution in [2.45, 2.75) is 18.3 Å². The van der Waals surface area contributed by atoms with E-state index in [9.17, 15) is 14.7 Å². The van der Waals surface area contributed by atoms with Crippen LogP contribution in [-0.2, 0) is 15.0 Å². The van der Waals surface area contributed by atoms with E-state index in [4.69, 9.17) is 0 Å². The summed E-state index contributed by atoms with van der Waals surface area (Å²) in [6, 6.07) is 7.38. The Hall–Kier alpha value is -1.84. The van der Waals surface area contributed by atoms with Crippen LogP contribution in [-0.4, -0.2) is 31.0 Å². The molecule has 0 aliphatic heterocycles. The number of nitrogens with zero attached hydrogens (tertiary/aromatic N) is 1. The van der Waals surface area contributed by atoms with Gasteiger partial charge in [0.15, 0.2) is 0 Å². The van der Waals surface area contributed by atoms with E-state index in [1.54, 1.807) is 6.07 Å². The molecule has 1 saturated carbocycles. The average molecular weight is 233 g/mol. The van der Waals surface area contributed by atoms with Gasteiger partial charge in [-0.2, -0.15) is 0 Å². The van der Waals surface area contributed by atoms with E-state index in [2.05, 4.69) is 0 Å². The molecule has 0 saturated heterocycles. The molecule has 1 N–H and O–H groups in total. The summed E-state index contributed by atoms with van der Waals surface area (Å²) in [5.74, 6) is -0.893. The third-order valence-corrected chi connectivity index (χ3v) is 3.32. The molecule has 0 atom stereocenters. The summed E-state index contributed by atoms with van der Waals surface area (Å²) in [5.41, 5.74) is 0.668. The minimum atomic E-state index is -0.997. The molecule has 4 nitrogen and oxygen atoms in total. The van der Waals surface area contributed by atoms with Gasteiger partial charge in [0.1, 0.15) is 11.2 Å². The lowest BCUT2D eigenvalue weighted by atomic mass is 9.63. The van der Waals surface area contributed by atoms with Crippen LogP contribution in [0, 0.1) is 0 Å². The first-order chi connectivity index (χ1) is 7.95. The Morgan fingerprint density at radius 2 is 2.00 bits per heavy atom. The molecule has 0 heterocycles. The number of carbonyl (C=O) groups is 2. The average Bonchev–Trinajstić information content (AvgIpc) is 2.24. The molecule has 0 unspecified atom stereocenters. The second-order valence-electron chi connectivity index (χ2n) is 4.72. The highest BCUT2D eigenvalue weighted by atomic mass is 16.4. The Morgan fingerprint density at radius 3 is 2.47 bits per heavy atom. The number of carbonyl (C=O) groups excluding carboxylic acids is 1. The molecule has 2 rings (SSSR count). The Labute approximate surface area is 99.9 Å². The molecule has 1 aliphatic rings. The largest absolute Gasteiger partial charge is 0.481 e. The van der Waals surface area contributed by atoms with Crippen LogP contribution in [0.3, 0.4) is 0 Å². The van der Waals surface area contributed by atoms with Crippen molar-refractivity contribution in [3.63, 3.8) is 0 Å². The van der Waals surface area contributed by atoms with Gasteiger partial charge < -0.3 is 10.0 Å². The minimum absolute atomic E-state index is 0.0163. The number of anilines is 1. The molecule has 0 spiro atoms. The first kappa shape index (κ1) is 11.6. The Bertz CT molecular complexity index is 471. The van der Waals surface area contributed by atoms with Gasteiger partial charge in [-0.05, 0) is 17.7 Å². The fourth-order valence-corrected chi connectivity index (χ4v) is 2.18. The predicted octanol–water partition coefficient (Wildman–Crippen LogP) is 1.44. The lowest BCUT2D eigenvalue weighted by Crippen LogP contribution is -2.48. The number of ketones is 1. The van der Waals surface area contributed by atoms with Crippen LogP contribution in [0.15, 0.2) is 24.3 Å². The SMILES string of the molecule is CN(C)c1cccc(C2(C(=O)O)CC(=O)C2)c1. The summed E-state index contributed by atoms with van der Waals surface area (Å²) in [7, 11) is 3.80. The number of carboxylic acid groups (broad SMARTS) is 1. The van der Waals surface area contributed by atoms with Gasteiger partial charge in [0, 0.05) is 32.6 Å². The van der Waals surface area contributed by atoms with Gasteiger partial charge in [0.2, 0.25) is 0 Å². The lowest BCUT2D eigenvalue weighted by Gasteiger charge is -2.37. The molecule has 4 heteroatoms. The standard InChI is InChI=1S/C13H15NO3/c1-14(2)10-5-3-4-9(6-10)13(12(16)17)7-11(15)8-13/h3-6H,7-8H2,1-2H3,(H,16,17). The van der Waals surface area contributed by atoms with E-state index in [-0.39, 0.29) is 18.6 Å². The molecule has 0 radical (unpaired) electrons. The molecule has 1 aromatic carbocycles. The number of hydrogen-bond donors (Lipinski definition) is 1. The maximum atomic E-state index is 11.4. The van der Waals surface area contributed by atoms with Crippen molar-refractivity contribution in [2.24, 2.45) is 0 Å². The highest BCUT2D eigenvalue weighted by molar-refractivity contribution is 6.01. The number of hydrogen-bond acceptors (Lipinski definition) is 3. The summed E-state index contributed by atoms with van der Waals surface area (Å²) in [6.45, 7) is 0. The monoisotopic (exact) mass is 233 g/mol. The molecule has 90 valence electrons. The van der Waals surface area contributed by atoms with E-state index in [0.717, 1.165) is 11.3 Å². The number of Topliss-reactive ketones (excluding diaryl/α,β-unsaturated/α-hetero) is 1. The summed E-state index contributed by atoms with van der Waals surface area (Å²) in [5, 5.41) is 9.32. The van der Waals surface area contributed by atoms with Crippen molar-refractivity contribution in [2.75, 3.05) is 19.0 Å². The molecule has 1 aliphatic carbocycles. The quantitative estimate of drug-likeness (QED) is 0.858. The maximum Gasteiger partial charge on any atom is 0.315 e. The van der Waals surface area contributed by atoms with Crippen LogP contribution < -0.4 is 4.90 Å². The van der Waals surface area contributed by atoms with Gasteiger partial charge in [0.05, 0.1) is 0 Å². The highest BCUT2D eigenvalue weighted by Gasteiger charge is 2.51. The molecule has 0 bridgehead atoms. The van der Waals surface area contributed by atoms with Crippen molar-refractivity contribution in [3.8, 4) is 0 Å². The van der Waals surface area contributed by atoms with Crippen LogP contribution in [0.25, 0.3) is 0 Å². The van der Waals surface area contributed by atoms with Crippen LogP contribution in [0.5, 0.6) is 0 Å². The van der Waals surface area contributed by atoms with E-state index in [1.807, 2.05) is 37.2 Å². The summed E-state index contributed by atoms with van der Waals surface area (Å²) in [6.07, 6.45) is 0.221. The fraction of sp³-hybridized carbons (Fsp3) is 0.385. The number of rotatable bonds is 3. The van der Waals surface area contributed by atoms with Gasteiger partial charge in [-0.15, -0.1) is 0 Å². The van der Waals surface area contributed by atoms with Crippen molar-refractivity contribution < 1.29 is 14.7 Å². The van der Waals surface area contributed by atoms with Crippen LogP contribution >= 0.6 is 0 Å². The van der Waals surface area contributed by atoms with Crippen LogP contribution in [0.4, 0.5) is 5.69 Å². The lowest BCUT2D eigenvalue weighted by molar-refractivity contribution is -0.153. The third-order valence-electron chi connectivity index (χ3n) is 3.32. The zero-order valence-electron chi connectivity index (χ0n) is 9.93. The van der Waals surface area contributed by atoms with Gasteiger partial charge in [-0.3, -0.25) is 9.59 Å². The zero-order valence-corrected chi connectivity index (χ0v) is 9.93. The number of aliphatic carboxylic acids is 1. The molecular formula is C13H15NO3. The zero-order chi connectivity index (χ0) is 12.6. The van der Waals surface area contributed by atoms with Gasteiger partial charge in [0.25, 0.3) is 0 Å². The Balaban J connectivity index is 2.41. The van der Waals surface area contributed by atoms with E-state index in [0.29, 0.717) is 0 Å². The smallest absolute Gasteiger partial charge is 0.315 e. The summed E-state index contributed by atoms with van der Waals surface area (Å²) in [4.78, 5) is 24.4. The minimum Gasteiger partial charge on any atom is -0.481 e. The van der Waals surface area contributed by atoms with Crippen molar-refractivity contribution in [1.82, 2.24) is 0 Å². The topological polar surface area (TPSA) is 57.6 Å². The van der Waals surface area contributed by atoms with Crippen LogP contribution in [0.2, 0.25) is 0 Å². The molecule has 0 amide bonds. The number of carboxylic acids is 1. The molecule has 17 heavy (non-hydrogen) atoms. The first-order valence-corrected chi connectivity index (χ1v) is 5.49. The van der Waals surface area contributed by atoms with Crippen LogP contribution in [0.1, 0.15) is 18.4 Å². The van der Waals surface area contributed by atoms with Crippen molar-refractivity contribution >= 4 is 17.4 Å². The molecule has 0 aromatic heterocycles. The van der Waals surface area contributed by atoms with Crippen molar-refractivity contribution in [1.29, 1.82) is 0 Å². The summed E-state index contributed by atoms with van der Waals surface area (Å²) < 4.78 is 0. The van der Waals surface area contributed by atoms with Crippen molar-refractivity contribution in [3.05, 3.63) is 29.8 Å². The van der Waals surface area contributed by atoms with E-state index < -0.39 is 11.4 Å². The normalized spacial score (nSPS) is 17.4. The maximum absolute atomic E-state index is 11.4. The molecule has 1 aromatic rings. The first-order valence-electron chi connectivity index (χ1n) is 5.49. The summed E-state index contributed by atoms with van der Waals surface area (Å²) >= 11 is 0. The highest BCUT2D eigenvalue weighted by Crippen LogP contribution is 2.42. The van der Waals surface area contributed by atoms with Gasteiger partial charge in [-0.1, -0.05) is 12.1 Å². The third kappa shape index (κ3) is 1.79. The van der Waals surface area contributed by atoms with E-state index >= 15 is 0 Å². The molecule has 1 fully saturated rings. The predicted molar refractivity (Wildman–Crippen MR) is 64.3 cm³/mol. The van der Waals surface area contributed by atoms with E-state index in [1.165, 1.54) is 0 Å². The second kappa shape index (κ2) is 3.87. The van der Waals surface area contributed by atoms with Gasteiger partial charge in [-0.25, -0.2) is 0 Å². The van der Waals surface area contributed by atoms with Gasteiger partial charge >= 0.3 is 5.97 Å². The molecular weight excluding hydrogens is 218 g/mol. The number of benzene rings is 1. The fourth-order valence-electron chi connectivity index (χ4n) is 2.18. The second-order valence-corrected chi connectivity index (χ2v) is 4.72. The Morgan fingerprint density at radius 1 is 1.35 bits per heavy atom. The Kier molecular flexibility index (Phi) is 2.65.